The van der Waals surface area contributed by atoms with Crippen molar-refractivity contribution in [2.24, 2.45) is 0 Å². The van der Waals surface area contributed by atoms with Crippen molar-refractivity contribution < 1.29 is 4.79 Å². The van der Waals surface area contributed by atoms with Crippen LogP contribution in [0.3, 0.4) is 0 Å². The Hall–Kier alpha value is -1.33. The van der Waals surface area contributed by atoms with Crippen molar-refractivity contribution in [1.82, 2.24) is 15.1 Å². The molecule has 0 bridgehead atoms. The molecule has 4 nitrogen and oxygen atoms in total. The topological polar surface area (TPSA) is 46.9 Å². The van der Waals surface area contributed by atoms with E-state index in [-0.39, 0.29) is 11.9 Å². The number of hydrogen-bond acceptors (Lipinski definition) is 3. The Morgan fingerprint density at radius 1 is 1.61 bits per heavy atom. The predicted octanol–water partition coefficient (Wildman–Crippen LogP) is 2.87. The van der Waals surface area contributed by atoms with Gasteiger partial charge in [0.25, 0.3) is 0 Å². The van der Waals surface area contributed by atoms with E-state index in [1.54, 1.807) is 10.9 Å². The van der Waals surface area contributed by atoms with Crippen LogP contribution in [-0.2, 0) is 11.3 Å². The Bertz CT molecular complexity index is 509. The molecule has 0 saturated carbocycles. The number of halogens is 1. The first kappa shape index (κ1) is 13.1. The second-order valence-corrected chi connectivity index (χ2v) is 5.70. The number of rotatable bonds is 5. The summed E-state index contributed by atoms with van der Waals surface area (Å²) >= 11 is 7.35. The number of carbonyl (C=O) groups is 1. The molecule has 1 amide bonds. The molecule has 0 aliphatic heterocycles. The molecule has 2 aromatic rings. The van der Waals surface area contributed by atoms with Gasteiger partial charge in [0.15, 0.2) is 0 Å². The van der Waals surface area contributed by atoms with Crippen LogP contribution >= 0.6 is 22.9 Å². The van der Waals surface area contributed by atoms with Gasteiger partial charge in [0.2, 0.25) is 5.91 Å². The maximum Gasteiger partial charge on any atom is 0.222 e. The lowest BCUT2D eigenvalue weighted by Gasteiger charge is -2.12. The van der Waals surface area contributed by atoms with Crippen LogP contribution in [0.25, 0.3) is 0 Å². The van der Waals surface area contributed by atoms with Gasteiger partial charge in [-0.25, -0.2) is 0 Å². The Balaban J connectivity index is 1.80. The van der Waals surface area contributed by atoms with Crippen LogP contribution in [0, 0.1) is 0 Å². The summed E-state index contributed by atoms with van der Waals surface area (Å²) in [5.41, 5.74) is 0. The number of aromatic nitrogens is 2. The minimum atomic E-state index is -0.00683. The third-order valence-corrected chi connectivity index (χ3v) is 3.94. The van der Waals surface area contributed by atoms with Crippen LogP contribution in [0.1, 0.15) is 24.3 Å². The molecule has 6 heteroatoms. The highest BCUT2D eigenvalue weighted by Crippen LogP contribution is 2.26. The standard InChI is InChI=1S/C12H14ClN3OS/c1-9(10-3-4-11(13)18-10)15-12(17)5-8-16-7-2-6-14-16/h2-4,6-7,9H,5,8H2,1H3,(H,15,17)/t9-/m0/s1. The molecule has 18 heavy (non-hydrogen) atoms. The fraction of sp³-hybridized carbons (Fsp3) is 0.333. The summed E-state index contributed by atoms with van der Waals surface area (Å²) in [4.78, 5) is 12.8. The Labute approximate surface area is 115 Å². The first-order valence-corrected chi connectivity index (χ1v) is 6.86. The SMILES string of the molecule is C[C@H](NC(=O)CCn1cccn1)c1ccc(Cl)s1. The lowest BCUT2D eigenvalue weighted by molar-refractivity contribution is -0.122. The second-order valence-electron chi connectivity index (χ2n) is 3.95. The molecular weight excluding hydrogens is 270 g/mol. The van der Waals surface area contributed by atoms with E-state index in [2.05, 4.69) is 10.4 Å². The van der Waals surface area contributed by atoms with Crippen molar-refractivity contribution in [3.63, 3.8) is 0 Å². The lowest BCUT2D eigenvalue weighted by Crippen LogP contribution is -2.27. The number of amides is 1. The molecular formula is C12H14ClN3OS. The van der Waals surface area contributed by atoms with Crippen molar-refractivity contribution in [3.05, 3.63) is 39.8 Å². The molecule has 0 spiro atoms. The van der Waals surface area contributed by atoms with Gasteiger partial charge in [-0.15, -0.1) is 11.3 Å². The van der Waals surface area contributed by atoms with Crippen molar-refractivity contribution in [2.45, 2.75) is 25.9 Å². The molecule has 2 heterocycles. The molecule has 0 radical (unpaired) electrons. The van der Waals surface area contributed by atoms with Crippen LogP contribution < -0.4 is 5.32 Å². The van der Waals surface area contributed by atoms with Crippen LogP contribution in [-0.4, -0.2) is 15.7 Å². The van der Waals surface area contributed by atoms with Crippen molar-refractivity contribution in [2.75, 3.05) is 0 Å². The van der Waals surface area contributed by atoms with Gasteiger partial charge < -0.3 is 5.32 Å². The zero-order valence-corrected chi connectivity index (χ0v) is 11.5. The monoisotopic (exact) mass is 283 g/mol. The van der Waals surface area contributed by atoms with Gasteiger partial charge in [0, 0.05) is 30.2 Å². The zero-order chi connectivity index (χ0) is 13.0. The molecule has 0 aliphatic carbocycles. The van der Waals surface area contributed by atoms with Gasteiger partial charge in [0.05, 0.1) is 10.4 Å². The molecule has 2 rings (SSSR count). The van der Waals surface area contributed by atoms with Crippen LogP contribution in [0.5, 0.6) is 0 Å². The molecule has 0 fully saturated rings. The lowest BCUT2D eigenvalue weighted by atomic mass is 10.2. The summed E-state index contributed by atoms with van der Waals surface area (Å²) in [6, 6.07) is 5.61. The third-order valence-electron chi connectivity index (χ3n) is 2.53. The van der Waals surface area contributed by atoms with Crippen LogP contribution in [0.15, 0.2) is 30.6 Å². The highest BCUT2D eigenvalue weighted by molar-refractivity contribution is 7.16. The second kappa shape index (κ2) is 6.02. The number of nitrogens with one attached hydrogen (secondary N) is 1. The Morgan fingerprint density at radius 3 is 3.06 bits per heavy atom. The number of aryl methyl sites for hydroxylation is 1. The summed E-state index contributed by atoms with van der Waals surface area (Å²) in [5, 5.41) is 6.99. The van der Waals surface area contributed by atoms with E-state index in [1.165, 1.54) is 11.3 Å². The summed E-state index contributed by atoms with van der Waals surface area (Å²) in [7, 11) is 0. The fourth-order valence-electron chi connectivity index (χ4n) is 1.59. The maximum absolute atomic E-state index is 11.7. The van der Waals surface area contributed by atoms with E-state index in [0.717, 1.165) is 9.21 Å². The smallest absolute Gasteiger partial charge is 0.222 e. The van der Waals surface area contributed by atoms with Crippen molar-refractivity contribution in [1.29, 1.82) is 0 Å². The Kier molecular flexibility index (Phi) is 4.38. The first-order chi connectivity index (χ1) is 8.65. The highest BCUT2D eigenvalue weighted by Gasteiger charge is 2.11. The fourth-order valence-corrected chi connectivity index (χ4v) is 2.66. The molecule has 96 valence electrons. The normalized spacial score (nSPS) is 12.3. The van der Waals surface area contributed by atoms with Gasteiger partial charge in [-0.3, -0.25) is 9.48 Å². The highest BCUT2D eigenvalue weighted by atomic mass is 35.5. The molecule has 0 saturated heterocycles. The molecule has 0 aliphatic rings. The third kappa shape index (κ3) is 3.58. The maximum atomic E-state index is 11.7. The van der Waals surface area contributed by atoms with Crippen molar-refractivity contribution >= 4 is 28.8 Å². The quantitative estimate of drug-likeness (QED) is 0.917. The number of carbonyl (C=O) groups excluding carboxylic acids is 1. The molecule has 0 aromatic carbocycles. The van der Waals surface area contributed by atoms with Crippen LogP contribution in [0.2, 0.25) is 4.34 Å². The van der Waals surface area contributed by atoms with Gasteiger partial charge in [-0.05, 0) is 25.1 Å². The minimum Gasteiger partial charge on any atom is -0.349 e. The number of hydrogen-bond donors (Lipinski definition) is 1. The predicted molar refractivity (Wildman–Crippen MR) is 72.7 cm³/mol. The van der Waals surface area contributed by atoms with E-state index in [9.17, 15) is 4.79 Å². The average molecular weight is 284 g/mol. The average Bonchev–Trinajstić information content (AvgIpc) is 2.97. The number of thiophene rings is 1. The Morgan fingerprint density at radius 2 is 2.44 bits per heavy atom. The molecule has 0 unspecified atom stereocenters. The van der Waals surface area contributed by atoms with Crippen LogP contribution in [0.4, 0.5) is 0 Å². The molecule has 1 N–H and O–H groups in total. The summed E-state index contributed by atoms with van der Waals surface area (Å²) in [6.45, 7) is 2.55. The van der Waals surface area contributed by atoms with Gasteiger partial charge in [0.1, 0.15) is 0 Å². The summed E-state index contributed by atoms with van der Waals surface area (Å²) < 4.78 is 2.48. The minimum absolute atomic E-state index is 0.00683. The van der Waals surface area contributed by atoms with E-state index in [1.807, 2.05) is 31.3 Å². The van der Waals surface area contributed by atoms with E-state index < -0.39 is 0 Å². The van der Waals surface area contributed by atoms with E-state index >= 15 is 0 Å². The van der Waals surface area contributed by atoms with E-state index in [4.69, 9.17) is 11.6 Å². The molecule has 2 aromatic heterocycles. The van der Waals surface area contributed by atoms with Gasteiger partial charge in [-0.2, -0.15) is 5.10 Å². The number of nitrogens with zero attached hydrogens (tertiary/aromatic N) is 2. The largest absolute Gasteiger partial charge is 0.349 e. The van der Waals surface area contributed by atoms with Gasteiger partial charge >= 0.3 is 0 Å². The summed E-state index contributed by atoms with van der Waals surface area (Å²) in [6.07, 6.45) is 3.97. The molecule has 1 atom stereocenters. The van der Waals surface area contributed by atoms with E-state index in [0.29, 0.717) is 13.0 Å². The zero-order valence-electron chi connectivity index (χ0n) is 9.97. The van der Waals surface area contributed by atoms with Crippen molar-refractivity contribution in [3.8, 4) is 0 Å². The van der Waals surface area contributed by atoms with Gasteiger partial charge in [-0.1, -0.05) is 11.6 Å². The first-order valence-electron chi connectivity index (χ1n) is 5.67. The summed E-state index contributed by atoms with van der Waals surface area (Å²) in [5.74, 6) is 0.0162.